The summed E-state index contributed by atoms with van der Waals surface area (Å²) >= 11 is 0. The number of nitrogens with zero attached hydrogens (tertiary/aromatic N) is 3. The van der Waals surface area contributed by atoms with Gasteiger partial charge in [0.05, 0.1) is 17.8 Å². The lowest BCUT2D eigenvalue weighted by Crippen LogP contribution is -2.42. The van der Waals surface area contributed by atoms with Crippen LogP contribution in [0.25, 0.3) is 0 Å². The van der Waals surface area contributed by atoms with Crippen LogP contribution in [0.5, 0.6) is 0 Å². The second kappa shape index (κ2) is 6.39. The minimum absolute atomic E-state index is 0.0250. The first-order valence-electron chi connectivity index (χ1n) is 6.84. The highest BCUT2D eigenvalue weighted by molar-refractivity contribution is 5.37. The number of aromatic nitrogens is 2. The molecule has 4 nitrogen and oxygen atoms in total. The lowest BCUT2D eigenvalue weighted by molar-refractivity contribution is -0.176. The van der Waals surface area contributed by atoms with Crippen LogP contribution < -0.4 is 10.2 Å². The summed E-state index contributed by atoms with van der Waals surface area (Å²) in [6.45, 7) is 3.95. The van der Waals surface area contributed by atoms with Gasteiger partial charge in [0.15, 0.2) is 0 Å². The van der Waals surface area contributed by atoms with Crippen LogP contribution in [0, 0.1) is 5.92 Å². The van der Waals surface area contributed by atoms with Crippen molar-refractivity contribution in [3.8, 4) is 0 Å². The maximum absolute atomic E-state index is 12.8. The Kier molecular flexibility index (Phi) is 4.80. The monoisotopic (exact) mass is 288 g/mol. The highest BCUT2D eigenvalue weighted by Gasteiger charge is 2.42. The third-order valence-electron chi connectivity index (χ3n) is 3.44. The molecule has 2 heterocycles. The summed E-state index contributed by atoms with van der Waals surface area (Å²) < 4.78 is 38.4. The molecule has 1 fully saturated rings. The van der Waals surface area contributed by atoms with E-state index in [1.54, 1.807) is 11.1 Å². The summed E-state index contributed by atoms with van der Waals surface area (Å²) in [5, 5.41) is 3.13. The summed E-state index contributed by atoms with van der Waals surface area (Å²) in [4.78, 5) is 10.1. The van der Waals surface area contributed by atoms with Crippen LogP contribution in [0.15, 0.2) is 12.4 Å². The fraction of sp³-hybridized carbons (Fsp3) is 0.692. The molecule has 1 aliphatic rings. The molecule has 0 radical (unpaired) electrons. The maximum atomic E-state index is 12.8. The zero-order valence-corrected chi connectivity index (χ0v) is 11.5. The molecular formula is C13H19F3N4. The zero-order valence-electron chi connectivity index (χ0n) is 11.5. The minimum Gasteiger partial charge on any atom is -0.355 e. The predicted octanol–water partition coefficient (Wildman–Crippen LogP) is 2.36. The lowest BCUT2D eigenvalue weighted by Gasteiger charge is -2.34. The summed E-state index contributed by atoms with van der Waals surface area (Å²) in [7, 11) is 0. The van der Waals surface area contributed by atoms with Gasteiger partial charge in [0, 0.05) is 25.8 Å². The van der Waals surface area contributed by atoms with Gasteiger partial charge >= 0.3 is 6.18 Å². The Balaban J connectivity index is 2.07. The van der Waals surface area contributed by atoms with Crippen LogP contribution >= 0.6 is 0 Å². The number of hydrogen-bond donors (Lipinski definition) is 1. The van der Waals surface area contributed by atoms with Gasteiger partial charge in [0.2, 0.25) is 0 Å². The van der Waals surface area contributed by atoms with Crippen LogP contribution in [0.4, 0.5) is 19.0 Å². The molecule has 1 saturated heterocycles. The number of halogens is 3. The SMILES string of the molecule is CCNCc1cncc(N2CCCC(C(F)(F)F)C2)n1. The largest absolute Gasteiger partial charge is 0.393 e. The molecule has 0 saturated carbocycles. The van der Waals surface area contributed by atoms with E-state index in [0.29, 0.717) is 25.3 Å². The maximum Gasteiger partial charge on any atom is 0.393 e. The molecule has 1 atom stereocenters. The standard InChI is InChI=1S/C13H19F3N4/c1-2-17-6-11-7-18-8-12(19-11)20-5-3-4-10(9-20)13(14,15)16/h7-8,10,17H,2-6,9H2,1H3. The molecule has 1 aromatic rings. The topological polar surface area (TPSA) is 41.1 Å². The molecule has 0 aliphatic carbocycles. The van der Waals surface area contributed by atoms with Gasteiger partial charge in [-0.3, -0.25) is 4.98 Å². The number of alkyl halides is 3. The molecule has 2 rings (SSSR count). The molecule has 20 heavy (non-hydrogen) atoms. The summed E-state index contributed by atoms with van der Waals surface area (Å²) in [5.41, 5.74) is 0.749. The number of nitrogens with one attached hydrogen (secondary N) is 1. The molecule has 1 unspecified atom stereocenters. The van der Waals surface area contributed by atoms with Crippen molar-refractivity contribution in [2.75, 3.05) is 24.5 Å². The van der Waals surface area contributed by atoms with E-state index < -0.39 is 12.1 Å². The second-order valence-electron chi connectivity index (χ2n) is 4.98. The van der Waals surface area contributed by atoms with Crippen molar-refractivity contribution in [2.24, 2.45) is 5.92 Å². The van der Waals surface area contributed by atoms with E-state index in [1.165, 1.54) is 6.20 Å². The van der Waals surface area contributed by atoms with Gasteiger partial charge < -0.3 is 10.2 Å². The van der Waals surface area contributed by atoms with Crippen molar-refractivity contribution in [3.63, 3.8) is 0 Å². The molecule has 0 bridgehead atoms. The summed E-state index contributed by atoms with van der Waals surface area (Å²) in [5.74, 6) is -0.732. The molecule has 1 aromatic heterocycles. The predicted molar refractivity (Wildman–Crippen MR) is 70.4 cm³/mol. The molecule has 0 amide bonds. The van der Waals surface area contributed by atoms with Crippen molar-refractivity contribution >= 4 is 5.82 Å². The Morgan fingerprint density at radius 3 is 2.90 bits per heavy atom. The molecular weight excluding hydrogens is 269 g/mol. The quantitative estimate of drug-likeness (QED) is 0.923. The zero-order chi connectivity index (χ0) is 14.6. The fourth-order valence-electron chi connectivity index (χ4n) is 2.34. The molecule has 0 spiro atoms. The van der Waals surface area contributed by atoms with Crippen molar-refractivity contribution in [2.45, 2.75) is 32.5 Å². The van der Waals surface area contributed by atoms with Crippen LogP contribution in [-0.2, 0) is 6.54 Å². The van der Waals surface area contributed by atoms with Crippen molar-refractivity contribution < 1.29 is 13.2 Å². The highest BCUT2D eigenvalue weighted by Crippen LogP contribution is 2.34. The normalized spacial score (nSPS) is 20.2. The van der Waals surface area contributed by atoms with Gasteiger partial charge in [-0.2, -0.15) is 13.2 Å². The fourth-order valence-corrected chi connectivity index (χ4v) is 2.34. The lowest BCUT2D eigenvalue weighted by atomic mass is 9.97. The van der Waals surface area contributed by atoms with E-state index in [4.69, 9.17) is 0 Å². The smallest absolute Gasteiger partial charge is 0.355 e. The molecule has 1 N–H and O–H groups in total. The highest BCUT2D eigenvalue weighted by atomic mass is 19.4. The van der Waals surface area contributed by atoms with Gasteiger partial charge in [-0.15, -0.1) is 0 Å². The Morgan fingerprint density at radius 2 is 2.20 bits per heavy atom. The number of hydrogen-bond acceptors (Lipinski definition) is 4. The number of anilines is 1. The van der Waals surface area contributed by atoms with E-state index in [-0.39, 0.29) is 13.0 Å². The average molecular weight is 288 g/mol. The summed E-state index contributed by atoms with van der Waals surface area (Å²) in [6, 6.07) is 0. The Morgan fingerprint density at radius 1 is 1.40 bits per heavy atom. The van der Waals surface area contributed by atoms with Crippen LogP contribution in [-0.4, -0.2) is 35.8 Å². The molecule has 7 heteroatoms. The first kappa shape index (κ1) is 15.0. The van der Waals surface area contributed by atoms with E-state index in [9.17, 15) is 13.2 Å². The first-order valence-corrected chi connectivity index (χ1v) is 6.84. The Bertz CT molecular complexity index is 436. The van der Waals surface area contributed by atoms with Crippen molar-refractivity contribution in [3.05, 3.63) is 18.1 Å². The van der Waals surface area contributed by atoms with Crippen molar-refractivity contribution in [1.82, 2.24) is 15.3 Å². The summed E-state index contributed by atoms with van der Waals surface area (Å²) in [6.07, 6.45) is -0.229. The Hall–Kier alpha value is -1.37. The van der Waals surface area contributed by atoms with Crippen molar-refractivity contribution in [1.29, 1.82) is 0 Å². The van der Waals surface area contributed by atoms with E-state index in [0.717, 1.165) is 12.2 Å². The van der Waals surface area contributed by atoms with Gasteiger partial charge in [-0.25, -0.2) is 4.98 Å². The number of piperidine rings is 1. The van der Waals surface area contributed by atoms with Crippen LogP contribution in [0.1, 0.15) is 25.5 Å². The van der Waals surface area contributed by atoms with E-state index in [2.05, 4.69) is 15.3 Å². The third kappa shape index (κ3) is 3.82. The van der Waals surface area contributed by atoms with Gasteiger partial charge in [-0.05, 0) is 19.4 Å². The third-order valence-corrected chi connectivity index (χ3v) is 3.44. The minimum atomic E-state index is -4.13. The van der Waals surface area contributed by atoms with E-state index >= 15 is 0 Å². The van der Waals surface area contributed by atoms with E-state index in [1.807, 2.05) is 6.92 Å². The molecule has 112 valence electrons. The second-order valence-corrected chi connectivity index (χ2v) is 4.98. The van der Waals surface area contributed by atoms with Gasteiger partial charge in [-0.1, -0.05) is 6.92 Å². The van der Waals surface area contributed by atoms with Gasteiger partial charge in [0.1, 0.15) is 5.82 Å². The first-order chi connectivity index (χ1) is 9.50. The van der Waals surface area contributed by atoms with Crippen LogP contribution in [0.2, 0.25) is 0 Å². The Labute approximate surface area is 116 Å². The van der Waals surface area contributed by atoms with Gasteiger partial charge in [0.25, 0.3) is 0 Å². The molecule has 0 aromatic carbocycles. The van der Waals surface area contributed by atoms with Crippen LogP contribution in [0.3, 0.4) is 0 Å². The average Bonchev–Trinajstić information content (AvgIpc) is 2.45. The molecule has 1 aliphatic heterocycles. The number of rotatable bonds is 4.